The molecule has 0 unspecified atom stereocenters. The summed E-state index contributed by atoms with van der Waals surface area (Å²) in [6.45, 7) is 4.00. The van der Waals surface area contributed by atoms with Crippen LogP contribution in [0.2, 0.25) is 0 Å². The topological polar surface area (TPSA) is 68.5 Å². The van der Waals surface area contributed by atoms with E-state index in [9.17, 15) is 8.42 Å². The van der Waals surface area contributed by atoms with Gasteiger partial charge in [0.15, 0.2) is 0 Å². The predicted octanol–water partition coefficient (Wildman–Crippen LogP) is 5.97. The molecule has 4 aromatic rings. The summed E-state index contributed by atoms with van der Waals surface area (Å²) in [5.41, 5.74) is 4.96. The van der Waals surface area contributed by atoms with Gasteiger partial charge in [-0.3, -0.25) is 0 Å². The van der Waals surface area contributed by atoms with Crippen LogP contribution in [0, 0.1) is 6.92 Å². The molecule has 4 rings (SSSR count). The third-order valence-corrected chi connectivity index (χ3v) is 6.13. The van der Waals surface area contributed by atoms with Crippen LogP contribution in [0.15, 0.2) is 70.0 Å². The predicted molar refractivity (Wildman–Crippen MR) is 115 cm³/mol. The molecule has 1 aromatic heterocycles. The van der Waals surface area contributed by atoms with Gasteiger partial charge in [0.2, 0.25) is 0 Å². The number of hydrogen-bond donors (Lipinski definition) is 1. The first-order valence-electron chi connectivity index (χ1n) is 9.69. The zero-order valence-corrected chi connectivity index (χ0v) is 17.3. The van der Waals surface area contributed by atoms with Crippen molar-refractivity contribution in [3.05, 3.63) is 72.0 Å². The van der Waals surface area contributed by atoms with Crippen molar-refractivity contribution >= 4 is 37.5 Å². The molecular formula is C23H23NO4S. The van der Waals surface area contributed by atoms with Crippen molar-refractivity contribution < 1.29 is 17.1 Å². The highest BCUT2D eigenvalue weighted by Gasteiger charge is 2.21. The molecule has 6 heteroatoms. The van der Waals surface area contributed by atoms with Gasteiger partial charge in [-0.1, -0.05) is 61.4 Å². The Morgan fingerprint density at radius 1 is 1.00 bits per heavy atom. The normalized spacial score (nSPS) is 11.9. The summed E-state index contributed by atoms with van der Waals surface area (Å²) in [4.78, 5) is 0.100. The minimum Gasteiger partial charge on any atom is -0.459 e. The lowest BCUT2D eigenvalue weighted by molar-refractivity contribution is 0.388. The van der Waals surface area contributed by atoms with E-state index in [0.29, 0.717) is 23.5 Å². The molecule has 0 radical (unpaired) electrons. The van der Waals surface area contributed by atoms with E-state index < -0.39 is 10.1 Å². The molecule has 0 aliphatic rings. The lowest BCUT2D eigenvalue weighted by Gasteiger charge is -2.09. The number of furan rings is 1. The number of hydrogen-bond acceptors (Lipinski definition) is 5. The fourth-order valence-electron chi connectivity index (χ4n) is 3.39. The molecule has 5 nitrogen and oxygen atoms in total. The van der Waals surface area contributed by atoms with Crippen molar-refractivity contribution in [3.8, 4) is 0 Å². The SMILES string of the molecule is CCCCc1oc2ccc3ccccc3c2c1NOS(=O)(=O)c1ccc(C)cc1. The van der Waals surface area contributed by atoms with Crippen LogP contribution in [0.4, 0.5) is 5.69 Å². The smallest absolute Gasteiger partial charge is 0.317 e. The summed E-state index contributed by atoms with van der Waals surface area (Å²) in [7, 11) is -3.97. The zero-order chi connectivity index (χ0) is 20.4. The average molecular weight is 410 g/mol. The summed E-state index contributed by atoms with van der Waals surface area (Å²) in [6, 6.07) is 18.4. The van der Waals surface area contributed by atoms with E-state index in [0.717, 1.165) is 34.6 Å². The minimum atomic E-state index is -3.97. The Morgan fingerprint density at radius 3 is 2.52 bits per heavy atom. The zero-order valence-electron chi connectivity index (χ0n) is 16.4. The third kappa shape index (κ3) is 3.86. The van der Waals surface area contributed by atoms with E-state index in [-0.39, 0.29) is 4.90 Å². The molecule has 3 aromatic carbocycles. The highest BCUT2D eigenvalue weighted by atomic mass is 32.2. The van der Waals surface area contributed by atoms with Crippen LogP contribution < -0.4 is 5.48 Å². The molecule has 1 heterocycles. The number of anilines is 1. The Labute approximate surface area is 170 Å². The van der Waals surface area contributed by atoms with Gasteiger partial charge in [0, 0.05) is 6.42 Å². The van der Waals surface area contributed by atoms with Gasteiger partial charge in [-0.25, -0.2) is 5.48 Å². The number of nitrogens with one attached hydrogen (secondary N) is 1. The highest BCUT2D eigenvalue weighted by Crippen LogP contribution is 2.37. The highest BCUT2D eigenvalue weighted by molar-refractivity contribution is 7.86. The molecular weight excluding hydrogens is 386 g/mol. The standard InChI is InChI=1S/C23H23NO4S/c1-3-4-9-21-23(24-28-29(25,26)18-13-10-16(2)11-14-18)22-19-8-6-5-7-17(19)12-15-20(22)27-21/h5-8,10-15,24H,3-4,9H2,1-2H3. The molecule has 0 saturated carbocycles. The number of fused-ring (bicyclic) bond motifs is 3. The molecule has 150 valence electrons. The van der Waals surface area contributed by atoms with E-state index >= 15 is 0 Å². The maximum Gasteiger partial charge on any atom is 0.317 e. The summed E-state index contributed by atoms with van der Waals surface area (Å²) in [6.07, 6.45) is 2.62. The van der Waals surface area contributed by atoms with E-state index in [1.54, 1.807) is 12.1 Å². The molecule has 0 amide bonds. The summed E-state index contributed by atoms with van der Waals surface area (Å²) in [5.74, 6) is 0.692. The van der Waals surface area contributed by atoms with Gasteiger partial charge in [-0.15, -0.1) is 4.28 Å². The summed E-state index contributed by atoms with van der Waals surface area (Å²) < 4.78 is 36.6. The van der Waals surface area contributed by atoms with E-state index in [1.165, 1.54) is 12.1 Å². The van der Waals surface area contributed by atoms with Crippen LogP contribution >= 0.6 is 0 Å². The fraction of sp³-hybridized carbons (Fsp3) is 0.217. The Balaban J connectivity index is 1.76. The lowest BCUT2D eigenvalue weighted by atomic mass is 10.0. The van der Waals surface area contributed by atoms with Gasteiger partial charge in [0.05, 0.1) is 10.3 Å². The Kier molecular flexibility index (Phi) is 5.30. The first-order valence-corrected chi connectivity index (χ1v) is 11.1. The van der Waals surface area contributed by atoms with Gasteiger partial charge in [-0.05, 0) is 42.3 Å². The van der Waals surface area contributed by atoms with Gasteiger partial charge >= 0.3 is 10.1 Å². The molecule has 1 N–H and O–H groups in total. The third-order valence-electron chi connectivity index (χ3n) is 4.97. The molecule has 0 atom stereocenters. The second-order valence-corrected chi connectivity index (χ2v) is 8.66. The van der Waals surface area contributed by atoms with E-state index in [2.05, 4.69) is 12.4 Å². The van der Waals surface area contributed by atoms with E-state index in [1.807, 2.05) is 43.3 Å². The number of benzene rings is 3. The van der Waals surface area contributed by atoms with Crippen LogP contribution in [0.3, 0.4) is 0 Å². The van der Waals surface area contributed by atoms with Crippen LogP contribution in [-0.4, -0.2) is 8.42 Å². The Hall–Kier alpha value is -2.83. The van der Waals surface area contributed by atoms with Gasteiger partial charge in [0.25, 0.3) is 0 Å². The summed E-state index contributed by atoms with van der Waals surface area (Å²) >= 11 is 0. The van der Waals surface area contributed by atoms with Crippen LogP contribution in [-0.2, 0) is 20.8 Å². The fourth-order valence-corrected chi connectivity index (χ4v) is 4.15. The van der Waals surface area contributed by atoms with Crippen molar-refractivity contribution in [2.75, 3.05) is 5.48 Å². The second kappa shape index (κ2) is 7.89. The maximum atomic E-state index is 12.6. The van der Waals surface area contributed by atoms with Crippen molar-refractivity contribution in [2.45, 2.75) is 38.0 Å². The molecule has 0 saturated heterocycles. The number of rotatable bonds is 7. The molecule has 29 heavy (non-hydrogen) atoms. The monoisotopic (exact) mass is 409 g/mol. The van der Waals surface area contributed by atoms with Crippen LogP contribution in [0.5, 0.6) is 0 Å². The first-order chi connectivity index (χ1) is 14.0. The quantitative estimate of drug-likeness (QED) is 0.381. The first kappa shape index (κ1) is 19.5. The summed E-state index contributed by atoms with van der Waals surface area (Å²) in [5, 5.41) is 2.86. The number of aryl methyl sites for hydroxylation is 2. The maximum absolute atomic E-state index is 12.6. The number of unbranched alkanes of at least 4 members (excludes halogenated alkanes) is 1. The van der Waals surface area contributed by atoms with Crippen molar-refractivity contribution in [1.29, 1.82) is 0 Å². The molecule has 0 bridgehead atoms. The minimum absolute atomic E-state index is 0.100. The van der Waals surface area contributed by atoms with Crippen molar-refractivity contribution in [2.24, 2.45) is 0 Å². The molecule has 0 spiro atoms. The van der Waals surface area contributed by atoms with Gasteiger partial charge in [-0.2, -0.15) is 8.42 Å². The Morgan fingerprint density at radius 2 is 1.76 bits per heavy atom. The van der Waals surface area contributed by atoms with Crippen LogP contribution in [0.25, 0.3) is 21.7 Å². The second-order valence-electron chi connectivity index (χ2n) is 7.12. The largest absolute Gasteiger partial charge is 0.459 e. The average Bonchev–Trinajstić information content (AvgIpc) is 3.09. The van der Waals surface area contributed by atoms with Gasteiger partial charge in [0.1, 0.15) is 17.0 Å². The van der Waals surface area contributed by atoms with Gasteiger partial charge < -0.3 is 4.42 Å². The Bertz CT molecular complexity index is 1260. The molecule has 0 aliphatic heterocycles. The molecule has 0 aliphatic carbocycles. The van der Waals surface area contributed by atoms with Crippen LogP contribution in [0.1, 0.15) is 31.1 Å². The van der Waals surface area contributed by atoms with Crippen molar-refractivity contribution in [3.63, 3.8) is 0 Å². The van der Waals surface area contributed by atoms with E-state index in [4.69, 9.17) is 8.70 Å². The lowest BCUT2D eigenvalue weighted by Crippen LogP contribution is -2.12. The van der Waals surface area contributed by atoms with Crippen molar-refractivity contribution in [1.82, 2.24) is 0 Å². The molecule has 0 fully saturated rings.